The Morgan fingerprint density at radius 3 is 2.86 bits per heavy atom. The molecule has 0 amide bonds. The molecule has 2 fully saturated rings. The molecular formula is C16H23N3O2. The number of carbonyl (C=O) groups excluding carboxylic acids is 1. The summed E-state index contributed by atoms with van der Waals surface area (Å²) in [5.74, 6) is 0.672. The zero-order valence-corrected chi connectivity index (χ0v) is 12.5. The minimum Gasteiger partial charge on any atom is -0.462 e. The molecule has 1 atom stereocenters. The van der Waals surface area contributed by atoms with Crippen LogP contribution < -0.4 is 10.2 Å². The molecule has 5 nitrogen and oxygen atoms in total. The Labute approximate surface area is 125 Å². The van der Waals surface area contributed by atoms with E-state index in [2.05, 4.69) is 15.2 Å². The van der Waals surface area contributed by atoms with Gasteiger partial charge in [-0.3, -0.25) is 0 Å². The zero-order chi connectivity index (χ0) is 14.7. The highest BCUT2D eigenvalue weighted by Crippen LogP contribution is 2.31. The second-order valence-corrected chi connectivity index (χ2v) is 5.80. The van der Waals surface area contributed by atoms with Crippen molar-refractivity contribution in [1.82, 2.24) is 10.3 Å². The molecule has 3 rings (SSSR count). The molecule has 1 aliphatic heterocycles. The van der Waals surface area contributed by atoms with Crippen molar-refractivity contribution in [3.63, 3.8) is 0 Å². The Morgan fingerprint density at radius 2 is 2.29 bits per heavy atom. The topological polar surface area (TPSA) is 54.5 Å². The molecule has 1 saturated heterocycles. The predicted octanol–water partition coefficient (Wildman–Crippen LogP) is 1.98. The van der Waals surface area contributed by atoms with E-state index >= 15 is 0 Å². The summed E-state index contributed by atoms with van der Waals surface area (Å²) in [4.78, 5) is 18.5. The van der Waals surface area contributed by atoms with Crippen LogP contribution in [0.4, 0.5) is 5.82 Å². The molecule has 1 saturated carbocycles. The first-order valence-electron chi connectivity index (χ1n) is 7.91. The minimum atomic E-state index is -0.299. The van der Waals surface area contributed by atoms with Gasteiger partial charge in [-0.05, 0) is 51.3 Å². The van der Waals surface area contributed by atoms with Gasteiger partial charge in [0.25, 0.3) is 0 Å². The summed E-state index contributed by atoms with van der Waals surface area (Å²) in [6.45, 7) is 4.33. The van der Waals surface area contributed by atoms with Crippen molar-refractivity contribution in [2.45, 2.75) is 44.7 Å². The van der Waals surface area contributed by atoms with Crippen LogP contribution in [-0.2, 0) is 4.74 Å². The molecule has 1 unspecified atom stereocenters. The third-order valence-electron chi connectivity index (χ3n) is 4.12. The summed E-state index contributed by atoms with van der Waals surface area (Å²) in [6.07, 6.45) is 6.62. The molecule has 1 aliphatic carbocycles. The van der Waals surface area contributed by atoms with Crippen LogP contribution in [0.1, 0.15) is 43.0 Å². The Morgan fingerprint density at radius 1 is 1.43 bits per heavy atom. The van der Waals surface area contributed by atoms with Crippen LogP contribution in [0.15, 0.2) is 18.3 Å². The highest BCUT2D eigenvalue weighted by molar-refractivity contribution is 5.89. The maximum absolute atomic E-state index is 11.7. The lowest BCUT2D eigenvalue weighted by atomic mass is 10.2. The first kappa shape index (κ1) is 14.3. The van der Waals surface area contributed by atoms with E-state index in [0.29, 0.717) is 24.3 Å². The lowest BCUT2D eigenvalue weighted by Crippen LogP contribution is -2.39. The number of aromatic nitrogens is 1. The van der Waals surface area contributed by atoms with Crippen LogP contribution in [0.5, 0.6) is 0 Å². The fourth-order valence-corrected chi connectivity index (χ4v) is 2.86. The molecule has 0 radical (unpaired) electrons. The number of rotatable bonds is 6. The molecule has 5 heteroatoms. The van der Waals surface area contributed by atoms with Gasteiger partial charge in [0, 0.05) is 24.8 Å². The molecule has 1 aromatic heterocycles. The van der Waals surface area contributed by atoms with Gasteiger partial charge in [-0.15, -0.1) is 0 Å². The quantitative estimate of drug-likeness (QED) is 0.812. The van der Waals surface area contributed by atoms with E-state index in [1.165, 1.54) is 25.7 Å². The van der Waals surface area contributed by atoms with Gasteiger partial charge >= 0.3 is 5.97 Å². The fraction of sp³-hybridized carbons (Fsp3) is 0.625. The van der Waals surface area contributed by atoms with E-state index in [4.69, 9.17) is 4.74 Å². The number of nitrogens with one attached hydrogen (secondary N) is 1. The lowest BCUT2D eigenvalue weighted by molar-refractivity contribution is 0.0526. The van der Waals surface area contributed by atoms with Crippen molar-refractivity contribution < 1.29 is 9.53 Å². The molecule has 1 N–H and O–H groups in total. The number of nitrogens with zero attached hydrogens (tertiary/aromatic N) is 2. The standard InChI is InChI=1S/C16H23N3O2/c1-2-21-16(20)12-5-8-15(18-10-12)19(14-6-7-14)11-13-4-3-9-17-13/h5,8,10,13-14,17H,2-4,6-7,9,11H2,1H3. The highest BCUT2D eigenvalue weighted by atomic mass is 16.5. The minimum absolute atomic E-state index is 0.299. The predicted molar refractivity (Wildman–Crippen MR) is 81.6 cm³/mol. The summed E-state index contributed by atoms with van der Waals surface area (Å²) in [6, 6.07) is 4.95. The Balaban J connectivity index is 1.69. The summed E-state index contributed by atoms with van der Waals surface area (Å²) in [5.41, 5.74) is 0.523. The average Bonchev–Trinajstić information content (AvgIpc) is 3.22. The van der Waals surface area contributed by atoms with Crippen molar-refractivity contribution in [2.24, 2.45) is 0 Å². The molecular weight excluding hydrogens is 266 g/mol. The average molecular weight is 289 g/mol. The van der Waals surface area contributed by atoms with Gasteiger partial charge in [0.05, 0.1) is 12.2 Å². The van der Waals surface area contributed by atoms with Crippen molar-refractivity contribution in [3.05, 3.63) is 23.9 Å². The van der Waals surface area contributed by atoms with Crippen molar-refractivity contribution in [2.75, 3.05) is 24.6 Å². The number of hydrogen-bond acceptors (Lipinski definition) is 5. The van der Waals surface area contributed by atoms with E-state index < -0.39 is 0 Å². The number of ether oxygens (including phenoxy) is 1. The second-order valence-electron chi connectivity index (χ2n) is 5.80. The number of anilines is 1. The maximum Gasteiger partial charge on any atom is 0.339 e. The van der Waals surface area contributed by atoms with Crippen LogP contribution >= 0.6 is 0 Å². The zero-order valence-electron chi connectivity index (χ0n) is 12.5. The third-order valence-corrected chi connectivity index (χ3v) is 4.12. The first-order chi connectivity index (χ1) is 10.3. The number of hydrogen-bond donors (Lipinski definition) is 1. The van der Waals surface area contributed by atoms with E-state index in [9.17, 15) is 4.79 Å². The van der Waals surface area contributed by atoms with E-state index in [-0.39, 0.29) is 5.97 Å². The van der Waals surface area contributed by atoms with Gasteiger partial charge in [-0.25, -0.2) is 9.78 Å². The van der Waals surface area contributed by atoms with E-state index in [1.807, 2.05) is 19.1 Å². The third kappa shape index (κ3) is 3.53. The van der Waals surface area contributed by atoms with Crippen LogP contribution in [0, 0.1) is 0 Å². The van der Waals surface area contributed by atoms with E-state index in [1.54, 1.807) is 6.20 Å². The van der Waals surface area contributed by atoms with Crippen molar-refractivity contribution in [3.8, 4) is 0 Å². The number of esters is 1. The molecule has 0 bridgehead atoms. The SMILES string of the molecule is CCOC(=O)c1ccc(N(CC2CCCN2)C2CC2)nc1. The van der Waals surface area contributed by atoms with Gasteiger partial charge in [0.15, 0.2) is 0 Å². The Kier molecular flexibility index (Phi) is 4.39. The Bertz CT molecular complexity index is 479. The van der Waals surface area contributed by atoms with Crippen LogP contribution in [0.3, 0.4) is 0 Å². The van der Waals surface area contributed by atoms with Gasteiger partial charge in [-0.2, -0.15) is 0 Å². The van der Waals surface area contributed by atoms with Crippen molar-refractivity contribution >= 4 is 11.8 Å². The molecule has 1 aromatic rings. The van der Waals surface area contributed by atoms with Gasteiger partial charge in [0.2, 0.25) is 0 Å². The van der Waals surface area contributed by atoms with Gasteiger partial charge < -0.3 is 15.0 Å². The normalized spacial score (nSPS) is 21.3. The summed E-state index contributed by atoms with van der Waals surface area (Å²) in [5, 5.41) is 3.54. The molecule has 114 valence electrons. The van der Waals surface area contributed by atoms with Gasteiger partial charge in [0.1, 0.15) is 5.82 Å². The van der Waals surface area contributed by atoms with Crippen LogP contribution in [0.2, 0.25) is 0 Å². The summed E-state index contributed by atoms with van der Waals surface area (Å²) in [7, 11) is 0. The fourth-order valence-electron chi connectivity index (χ4n) is 2.86. The maximum atomic E-state index is 11.7. The number of carbonyl (C=O) groups is 1. The molecule has 2 heterocycles. The molecule has 0 spiro atoms. The van der Waals surface area contributed by atoms with Crippen LogP contribution in [-0.4, -0.2) is 42.7 Å². The largest absolute Gasteiger partial charge is 0.462 e. The first-order valence-corrected chi connectivity index (χ1v) is 7.91. The van der Waals surface area contributed by atoms with Crippen molar-refractivity contribution in [1.29, 1.82) is 0 Å². The van der Waals surface area contributed by atoms with Crippen LogP contribution in [0.25, 0.3) is 0 Å². The highest BCUT2D eigenvalue weighted by Gasteiger charge is 2.32. The Hall–Kier alpha value is -1.62. The summed E-state index contributed by atoms with van der Waals surface area (Å²) < 4.78 is 4.99. The monoisotopic (exact) mass is 289 g/mol. The van der Waals surface area contributed by atoms with E-state index in [0.717, 1.165) is 18.9 Å². The lowest BCUT2D eigenvalue weighted by Gasteiger charge is -2.27. The molecule has 2 aliphatic rings. The smallest absolute Gasteiger partial charge is 0.339 e. The van der Waals surface area contributed by atoms with Gasteiger partial charge in [-0.1, -0.05) is 0 Å². The second kappa shape index (κ2) is 6.43. The summed E-state index contributed by atoms with van der Waals surface area (Å²) >= 11 is 0. The molecule has 0 aromatic carbocycles. The number of pyridine rings is 1. The molecule has 21 heavy (non-hydrogen) atoms.